The van der Waals surface area contributed by atoms with E-state index in [9.17, 15) is 9.59 Å². The van der Waals surface area contributed by atoms with Gasteiger partial charge in [-0.1, -0.05) is 0 Å². The number of H-pyrrole nitrogens is 1. The van der Waals surface area contributed by atoms with Gasteiger partial charge in [0.05, 0.1) is 6.20 Å². The third kappa shape index (κ3) is 1.96. The number of carboxylic acids is 1. The van der Waals surface area contributed by atoms with E-state index in [1.807, 2.05) is 0 Å². The van der Waals surface area contributed by atoms with Crippen LogP contribution in [0.1, 0.15) is 10.4 Å². The van der Waals surface area contributed by atoms with Gasteiger partial charge in [0.25, 0.3) is 0 Å². The first-order chi connectivity index (χ1) is 9.65. The van der Waals surface area contributed by atoms with Crippen LogP contribution in [-0.4, -0.2) is 35.9 Å². The summed E-state index contributed by atoms with van der Waals surface area (Å²) in [7, 11) is 0. The van der Waals surface area contributed by atoms with Gasteiger partial charge in [0.1, 0.15) is 5.56 Å². The smallest absolute Gasteiger partial charge is 0.364 e. The molecule has 0 fully saturated rings. The Morgan fingerprint density at radius 2 is 2.20 bits per heavy atom. The van der Waals surface area contributed by atoms with Crippen LogP contribution in [0.15, 0.2) is 35.4 Å². The van der Waals surface area contributed by atoms with Gasteiger partial charge in [-0.05, 0) is 12.1 Å². The summed E-state index contributed by atoms with van der Waals surface area (Å²) in [4.78, 5) is 26.2. The van der Waals surface area contributed by atoms with E-state index >= 15 is 0 Å². The summed E-state index contributed by atoms with van der Waals surface area (Å²) < 4.78 is 6.35. The molecule has 0 aliphatic heterocycles. The van der Waals surface area contributed by atoms with Crippen LogP contribution in [0.5, 0.6) is 11.6 Å². The van der Waals surface area contributed by atoms with E-state index in [1.54, 1.807) is 0 Å². The number of nitrogens with zero attached hydrogens (tertiary/aromatic N) is 4. The van der Waals surface area contributed by atoms with Crippen molar-refractivity contribution in [1.82, 2.24) is 24.8 Å². The molecular weight excluding hydrogens is 266 g/mol. The van der Waals surface area contributed by atoms with Crippen LogP contribution >= 0.6 is 0 Å². The molecule has 0 spiro atoms. The summed E-state index contributed by atoms with van der Waals surface area (Å²) in [6.07, 6.45) is 2.60. The van der Waals surface area contributed by atoms with Gasteiger partial charge in [0.2, 0.25) is 5.88 Å². The van der Waals surface area contributed by atoms with Crippen LogP contribution in [0.2, 0.25) is 0 Å². The van der Waals surface area contributed by atoms with Crippen molar-refractivity contribution in [3.63, 3.8) is 0 Å². The van der Waals surface area contributed by atoms with Crippen molar-refractivity contribution in [1.29, 1.82) is 0 Å². The van der Waals surface area contributed by atoms with Gasteiger partial charge in [-0.25, -0.2) is 14.7 Å². The van der Waals surface area contributed by atoms with Crippen LogP contribution in [0.25, 0.3) is 5.65 Å². The molecule has 2 N–H and O–H groups in total. The number of carbonyl (C=O) groups is 1. The number of aromatic nitrogens is 5. The lowest BCUT2D eigenvalue weighted by Gasteiger charge is -2.06. The molecule has 0 unspecified atom stereocenters. The molecule has 9 nitrogen and oxygen atoms in total. The summed E-state index contributed by atoms with van der Waals surface area (Å²) in [5, 5.41) is 18.9. The Balaban J connectivity index is 2.03. The molecule has 3 aromatic heterocycles. The number of fused-ring (bicyclic) bond motifs is 1. The predicted molar refractivity (Wildman–Crippen MR) is 64.9 cm³/mol. The molecule has 0 aromatic carbocycles. The maximum absolute atomic E-state index is 11.4. The fourth-order valence-corrected chi connectivity index (χ4v) is 1.59. The van der Waals surface area contributed by atoms with Crippen molar-refractivity contribution in [2.45, 2.75) is 0 Å². The van der Waals surface area contributed by atoms with Crippen molar-refractivity contribution < 1.29 is 14.6 Å². The van der Waals surface area contributed by atoms with Crippen LogP contribution in [0, 0.1) is 0 Å². The minimum absolute atomic E-state index is 0.0309. The molecule has 0 bridgehead atoms. The topological polar surface area (TPSA) is 122 Å². The first-order valence-corrected chi connectivity index (χ1v) is 5.45. The van der Waals surface area contributed by atoms with Gasteiger partial charge < -0.3 is 9.84 Å². The van der Waals surface area contributed by atoms with E-state index in [4.69, 9.17) is 9.84 Å². The predicted octanol–water partition coefficient (Wildman–Crippen LogP) is 0.303. The highest BCUT2D eigenvalue weighted by Crippen LogP contribution is 2.22. The molecule has 20 heavy (non-hydrogen) atoms. The van der Waals surface area contributed by atoms with Crippen LogP contribution in [0.3, 0.4) is 0 Å². The minimum Gasteiger partial charge on any atom is -0.478 e. The van der Waals surface area contributed by atoms with E-state index < -0.39 is 11.7 Å². The third-order valence-electron chi connectivity index (χ3n) is 2.48. The number of aromatic amines is 1. The molecule has 0 saturated heterocycles. The zero-order valence-electron chi connectivity index (χ0n) is 9.85. The van der Waals surface area contributed by atoms with Crippen LogP contribution in [-0.2, 0) is 0 Å². The number of hydrogen-bond donors (Lipinski definition) is 2. The summed E-state index contributed by atoms with van der Waals surface area (Å²) in [6.45, 7) is 0. The highest BCUT2D eigenvalue weighted by Gasteiger charge is 2.13. The summed E-state index contributed by atoms with van der Waals surface area (Å²) >= 11 is 0. The monoisotopic (exact) mass is 273 g/mol. The van der Waals surface area contributed by atoms with E-state index in [1.165, 1.54) is 30.6 Å². The van der Waals surface area contributed by atoms with E-state index in [2.05, 4.69) is 20.3 Å². The molecule has 0 amide bonds. The Morgan fingerprint density at radius 3 is 3.00 bits per heavy atom. The maximum atomic E-state index is 11.4. The number of pyridine rings is 1. The Kier molecular flexibility index (Phi) is 2.64. The fourth-order valence-electron chi connectivity index (χ4n) is 1.59. The zero-order valence-corrected chi connectivity index (χ0v) is 9.85. The number of hydrogen-bond acceptors (Lipinski definition) is 6. The Labute approximate surface area is 110 Å². The van der Waals surface area contributed by atoms with Crippen LogP contribution in [0.4, 0.5) is 0 Å². The van der Waals surface area contributed by atoms with Crippen LogP contribution < -0.4 is 10.4 Å². The number of nitrogens with one attached hydrogen (secondary N) is 1. The zero-order chi connectivity index (χ0) is 14.1. The van der Waals surface area contributed by atoms with Crippen molar-refractivity contribution >= 4 is 11.6 Å². The fraction of sp³-hybridized carbons (Fsp3) is 0. The number of carboxylic acid groups (broad SMARTS) is 1. The van der Waals surface area contributed by atoms with Crippen molar-refractivity contribution in [3.8, 4) is 11.6 Å². The van der Waals surface area contributed by atoms with Crippen molar-refractivity contribution in [2.24, 2.45) is 0 Å². The van der Waals surface area contributed by atoms with Gasteiger partial charge >= 0.3 is 11.7 Å². The third-order valence-corrected chi connectivity index (χ3v) is 2.48. The first kappa shape index (κ1) is 11.8. The number of ether oxygens (including phenoxy) is 1. The van der Waals surface area contributed by atoms with Gasteiger partial charge in [-0.15, -0.1) is 5.10 Å². The molecule has 0 atom stereocenters. The van der Waals surface area contributed by atoms with Gasteiger partial charge in [0, 0.05) is 12.3 Å². The van der Waals surface area contributed by atoms with Gasteiger partial charge in [0.15, 0.2) is 11.4 Å². The van der Waals surface area contributed by atoms with Crippen molar-refractivity contribution in [3.05, 3.63) is 46.6 Å². The molecule has 3 aromatic rings. The molecule has 3 heterocycles. The van der Waals surface area contributed by atoms with Gasteiger partial charge in [-0.3, -0.25) is 4.98 Å². The Morgan fingerprint density at radius 1 is 1.35 bits per heavy atom. The average molecular weight is 273 g/mol. The first-order valence-electron chi connectivity index (χ1n) is 5.45. The standard InChI is InChI=1S/C11H7N5O4/c17-10(18)6-3-4-12-5-7(6)20-9-2-1-8-13-14-11(19)16(8)15-9/h1-5H,(H,14,19)(H,17,18). The molecule has 0 aliphatic carbocycles. The summed E-state index contributed by atoms with van der Waals surface area (Å²) in [5.74, 6) is -1.07. The van der Waals surface area contributed by atoms with Crippen molar-refractivity contribution in [2.75, 3.05) is 0 Å². The largest absolute Gasteiger partial charge is 0.478 e. The summed E-state index contributed by atoms with van der Waals surface area (Å²) in [6, 6.07) is 4.28. The molecule has 0 radical (unpaired) electrons. The normalized spacial score (nSPS) is 10.6. The minimum atomic E-state index is -1.15. The molecule has 0 aliphatic rings. The van der Waals surface area contributed by atoms with Gasteiger partial charge in [-0.2, -0.15) is 9.61 Å². The lowest BCUT2D eigenvalue weighted by atomic mass is 10.2. The lowest BCUT2D eigenvalue weighted by molar-refractivity contribution is 0.0694. The maximum Gasteiger partial charge on any atom is 0.364 e. The second-order valence-electron chi connectivity index (χ2n) is 3.75. The number of rotatable bonds is 3. The molecule has 100 valence electrons. The highest BCUT2D eigenvalue weighted by molar-refractivity contribution is 5.90. The lowest BCUT2D eigenvalue weighted by Crippen LogP contribution is -2.12. The van der Waals surface area contributed by atoms with E-state index in [0.29, 0.717) is 5.65 Å². The van der Waals surface area contributed by atoms with E-state index in [0.717, 1.165) is 4.52 Å². The number of aromatic carboxylic acids is 1. The molecule has 9 heteroatoms. The SMILES string of the molecule is O=C(O)c1ccncc1Oc1ccc2n[nH]c(=O)n2n1. The second kappa shape index (κ2) is 4.46. The Bertz CT molecular complexity index is 853. The molecular formula is C11H7N5O4. The molecule has 3 rings (SSSR count). The summed E-state index contributed by atoms with van der Waals surface area (Å²) in [5.41, 5.74) is -0.247. The van der Waals surface area contributed by atoms with E-state index in [-0.39, 0.29) is 17.2 Å². The second-order valence-corrected chi connectivity index (χ2v) is 3.75. The molecule has 0 saturated carbocycles. The quantitative estimate of drug-likeness (QED) is 0.703. The Hall–Kier alpha value is -3.23. The highest BCUT2D eigenvalue weighted by atomic mass is 16.5. The average Bonchev–Trinajstić information content (AvgIpc) is 2.81.